The minimum atomic E-state index is -0.708. The lowest BCUT2D eigenvalue weighted by Gasteiger charge is -2.28. The molecule has 1 atom stereocenters. The van der Waals surface area contributed by atoms with Gasteiger partial charge < -0.3 is 28.6 Å². The summed E-state index contributed by atoms with van der Waals surface area (Å²) in [5.41, 5.74) is 1.29. The second-order valence-corrected chi connectivity index (χ2v) is 6.93. The number of ether oxygens (including phenoxy) is 5. The summed E-state index contributed by atoms with van der Waals surface area (Å²) in [6.07, 6.45) is 0. The Morgan fingerprint density at radius 1 is 0.968 bits per heavy atom. The second kappa shape index (κ2) is 11.3. The maximum absolute atomic E-state index is 12.6. The molecule has 0 unspecified atom stereocenters. The van der Waals surface area contributed by atoms with Gasteiger partial charge in [-0.05, 0) is 48.9 Å². The molecule has 8 nitrogen and oxygen atoms in total. The maximum atomic E-state index is 12.6. The van der Waals surface area contributed by atoms with Gasteiger partial charge in [0.05, 0.1) is 28.4 Å². The molecule has 0 saturated carbocycles. The zero-order valence-corrected chi connectivity index (χ0v) is 18.9. The Morgan fingerprint density at radius 2 is 1.55 bits per heavy atom. The molecule has 9 heteroatoms. The Bertz CT molecular complexity index is 876. The summed E-state index contributed by atoms with van der Waals surface area (Å²) in [5, 5.41) is 0.541. The smallest absolute Gasteiger partial charge is 0.328 e. The summed E-state index contributed by atoms with van der Waals surface area (Å²) in [4.78, 5) is 26.2. The second-order valence-electron chi connectivity index (χ2n) is 6.50. The third-order valence-electron chi connectivity index (χ3n) is 4.59. The Balaban J connectivity index is 2.16. The Kier molecular flexibility index (Phi) is 8.81. The number of hydrogen-bond donors (Lipinski definition) is 0. The predicted molar refractivity (Wildman–Crippen MR) is 116 cm³/mol. The van der Waals surface area contributed by atoms with Gasteiger partial charge in [-0.15, -0.1) is 0 Å². The molecule has 168 valence electrons. The van der Waals surface area contributed by atoms with Crippen LogP contribution in [0.4, 0.5) is 5.69 Å². The quantitative estimate of drug-likeness (QED) is 0.508. The first-order valence-electron chi connectivity index (χ1n) is 9.39. The van der Waals surface area contributed by atoms with Crippen LogP contribution < -0.4 is 19.1 Å². The van der Waals surface area contributed by atoms with E-state index in [9.17, 15) is 9.59 Å². The Morgan fingerprint density at radius 3 is 2.03 bits per heavy atom. The van der Waals surface area contributed by atoms with Crippen molar-refractivity contribution in [1.82, 2.24) is 0 Å². The first kappa shape index (κ1) is 24.1. The number of nitrogens with zero attached hydrogens (tertiary/aromatic N) is 1. The average Bonchev–Trinajstić information content (AvgIpc) is 2.79. The molecule has 2 aromatic carbocycles. The predicted octanol–water partition coefficient (Wildman–Crippen LogP) is 3.48. The molecule has 0 aliphatic carbocycles. The molecule has 0 aliphatic heterocycles. The van der Waals surface area contributed by atoms with E-state index in [0.717, 1.165) is 0 Å². The number of methoxy groups -OCH3 is 4. The van der Waals surface area contributed by atoms with Crippen LogP contribution in [0, 0.1) is 0 Å². The van der Waals surface area contributed by atoms with Crippen molar-refractivity contribution >= 4 is 29.2 Å². The molecule has 2 rings (SSSR count). The van der Waals surface area contributed by atoms with Crippen LogP contribution in [0.3, 0.4) is 0 Å². The highest BCUT2D eigenvalue weighted by atomic mass is 35.5. The van der Waals surface area contributed by atoms with Gasteiger partial charge in [-0.1, -0.05) is 11.6 Å². The third-order valence-corrected chi connectivity index (χ3v) is 4.84. The molecule has 0 fully saturated rings. The van der Waals surface area contributed by atoms with Crippen molar-refractivity contribution < 1.29 is 33.3 Å². The molecule has 0 radical (unpaired) electrons. The number of carbonyl (C=O) groups is 2. The Hall–Kier alpha value is -3.13. The summed E-state index contributed by atoms with van der Waals surface area (Å²) in [7, 11) is 5.81. The highest BCUT2D eigenvalue weighted by molar-refractivity contribution is 6.30. The van der Waals surface area contributed by atoms with Gasteiger partial charge in [-0.3, -0.25) is 4.79 Å². The number of halogens is 1. The van der Waals surface area contributed by atoms with E-state index in [2.05, 4.69) is 0 Å². The first-order chi connectivity index (χ1) is 14.8. The molecule has 0 spiro atoms. The molecule has 0 saturated heterocycles. The largest absolute Gasteiger partial charge is 0.493 e. The lowest BCUT2D eigenvalue weighted by molar-refractivity contribution is -0.144. The summed E-state index contributed by atoms with van der Waals surface area (Å²) < 4.78 is 26.2. The molecule has 0 aliphatic rings. The summed E-state index contributed by atoms with van der Waals surface area (Å²) in [6.45, 7) is 1.46. The third kappa shape index (κ3) is 6.18. The monoisotopic (exact) mass is 451 g/mol. The van der Waals surface area contributed by atoms with E-state index >= 15 is 0 Å². The van der Waals surface area contributed by atoms with Crippen molar-refractivity contribution in [1.29, 1.82) is 0 Å². The first-order valence-corrected chi connectivity index (χ1v) is 9.76. The molecule has 0 heterocycles. The van der Waals surface area contributed by atoms with Gasteiger partial charge in [-0.25, -0.2) is 4.79 Å². The number of anilines is 1. The van der Waals surface area contributed by atoms with Gasteiger partial charge in [0.2, 0.25) is 5.75 Å². The van der Waals surface area contributed by atoms with E-state index in [1.807, 2.05) is 0 Å². The number of rotatable bonds is 10. The van der Waals surface area contributed by atoms with Gasteiger partial charge >= 0.3 is 11.9 Å². The minimum absolute atomic E-state index is 0.0173. The molecular formula is C22H26ClNO7. The van der Waals surface area contributed by atoms with E-state index in [4.69, 9.17) is 35.3 Å². The molecule has 0 amide bonds. The molecule has 0 N–H and O–H groups in total. The van der Waals surface area contributed by atoms with Crippen LogP contribution in [0.15, 0.2) is 36.4 Å². The SMILES string of the molecule is COC(=O)[C@@H](C)N(CC(=O)OCc1cc(OC)c(OC)c(OC)c1)c1ccc(Cl)cc1. The zero-order valence-electron chi connectivity index (χ0n) is 18.1. The highest BCUT2D eigenvalue weighted by Crippen LogP contribution is 2.38. The van der Waals surface area contributed by atoms with Crippen molar-refractivity contribution in [2.45, 2.75) is 19.6 Å². The van der Waals surface area contributed by atoms with E-state index in [-0.39, 0.29) is 13.2 Å². The fourth-order valence-electron chi connectivity index (χ4n) is 2.95. The summed E-state index contributed by atoms with van der Waals surface area (Å²) >= 11 is 5.95. The number of benzene rings is 2. The van der Waals surface area contributed by atoms with Crippen LogP contribution in [0.5, 0.6) is 17.2 Å². The molecule has 0 aromatic heterocycles. The molecule has 2 aromatic rings. The topological polar surface area (TPSA) is 83.5 Å². The lowest BCUT2D eigenvalue weighted by atomic mass is 10.2. The van der Waals surface area contributed by atoms with Crippen molar-refractivity contribution in [3.05, 3.63) is 47.0 Å². The van der Waals surface area contributed by atoms with E-state index in [1.54, 1.807) is 48.2 Å². The van der Waals surface area contributed by atoms with Crippen LogP contribution in [-0.2, 0) is 25.7 Å². The summed E-state index contributed by atoms with van der Waals surface area (Å²) in [5.74, 6) is 0.345. The van der Waals surface area contributed by atoms with Gasteiger partial charge in [0, 0.05) is 10.7 Å². The van der Waals surface area contributed by atoms with Crippen molar-refractivity contribution in [2.75, 3.05) is 39.9 Å². The fraction of sp³-hybridized carbons (Fsp3) is 0.364. The van der Waals surface area contributed by atoms with Crippen molar-refractivity contribution in [3.8, 4) is 17.2 Å². The average molecular weight is 452 g/mol. The van der Waals surface area contributed by atoms with Crippen LogP contribution in [0.2, 0.25) is 5.02 Å². The standard InChI is InChI=1S/C22H26ClNO7/c1-14(22(26)30-5)24(17-8-6-16(23)7-9-17)12-20(25)31-13-15-10-18(27-2)21(29-4)19(11-15)28-3/h6-11,14H,12-13H2,1-5H3/t14-/m1/s1. The van der Waals surface area contributed by atoms with Gasteiger partial charge in [0.25, 0.3) is 0 Å². The minimum Gasteiger partial charge on any atom is -0.493 e. The van der Waals surface area contributed by atoms with E-state index in [1.165, 1.54) is 28.4 Å². The normalized spacial score (nSPS) is 11.3. The van der Waals surface area contributed by atoms with Crippen LogP contribution >= 0.6 is 11.6 Å². The van der Waals surface area contributed by atoms with Crippen molar-refractivity contribution in [3.63, 3.8) is 0 Å². The number of esters is 2. The maximum Gasteiger partial charge on any atom is 0.328 e. The van der Waals surface area contributed by atoms with Gasteiger partial charge in [-0.2, -0.15) is 0 Å². The van der Waals surface area contributed by atoms with Crippen LogP contribution in [0.25, 0.3) is 0 Å². The number of carbonyl (C=O) groups excluding carboxylic acids is 2. The van der Waals surface area contributed by atoms with Gasteiger partial charge in [0.15, 0.2) is 11.5 Å². The van der Waals surface area contributed by atoms with E-state index < -0.39 is 18.0 Å². The lowest BCUT2D eigenvalue weighted by Crippen LogP contribution is -2.43. The summed E-state index contributed by atoms with van der Waals surface area (Å²) in [6, 6.07) is 9.47. The fourth-order valence-corrected chi connectivity index (χ4v) is 3.08. The molecule has 31 heavy (non-hydrogen) atoms. The van der Waals surface area contributed by atoms with Crippen LogP contribution in [-0.4, -0.2) is 53.0 Å². The molecule has 0 bridgehead atoms. The highest BCUT2D eigenvalue weighted by Gasteiger charge is 2.25. The van der Waals surface area contributed by atoms with E-state index in [0.29, 0.717) is 33.5 Å². The number of hydrogen-bond acceptors (Lipinski definition) is 8. The zero-order chi connectivity index (χ0) is 23.0. The molecular weight excluding hydrogens is 426 g/mol. The van der Waals surface area contributed by atoms with Crippen molar-refractivity contribution in [2.24, 2.45) is 0 Å². The van der Waals surface area contributed by atoms with Gasteiger partial charge in [0.1, 0.15) is 19.2 Å². The Labute approximate surface area is 186 Å². The van der Waals surface area contributed by atoms with Crippen LogP contribution in [0.1, 0.15) is 12.5 Å².